The van der Waals surface area contributed by atoms with Gasteiger partial charge < -0.3 is 5.32 Å². The second kappa shape index (κ2) is 5.64. The fourth-order valence-electron chi connectivity index (χ4n) is 1.37. The van der Waals surface area contributed by atoms with Crippen molar-refractivity contribution in [3.8, 4) is 0 Å². The minimum absolute atomic E-state index is 0.311. The van der Waals surface area contributed by atoms with Crippen LogP contribution in [0.5, 0.6) is 0 Å². The number of amides is 2. The average Bonchev–Trinajstić information content (AvgIpc) is 2.35. The molecule has 0 unspecified atom stereocenters. The van der Waals surface area contributed by atoms with E-state index in [4.69, 9.17) is 0 Å². The summed E-state index contributed by atoms with van der Waals surface area (Å²) in [5.41, 5.74) is 1.89. The molecule has 0 aliphatic rings. The fraction of sp³-hybridized carbons (Fsp3) is 0.0769. The Morgan fingerprint density at radius 3 is 2.44 bits per heavy atom. The molecule has 0 spiro atoms. The highest BCUT2D eigenvalue weighted by atomic mass is 79.9. The van der Waals surface area contributed by atoms with Crippen LogP contribution in [0.3, 0.4) is 0 Å². The van der Waals surface area contributed by atoms with Gasteiger partial charge in [0.1, 0.15) is 5.82 Å². The predicted molar refractivity (Wildman–Crippen MR) is 75.8 cm³/mol. The van der Waals surface area contributed by atoms with Gasteiger partial charge in [-0.2, -0.15) is 0 Å². The summed E-state index contributed by atoms with van der Waals surface area (Å²) in [5, 5.41) is 5.38. The second-order valence-electron chi connectivity index (χ2n) is 3.81. The van der Waals surface area contributed by atoms with Crippen molar-refractivity contribution in [3.63, 3.8) is 0 Å². The first-order valence-electron chi connectivity index (χ1n) is 5.40. The van der Waals surface area contributed by atoms with E-state index in [1.807, 2.05) is 37.3 Å². The molecule has 92 valence electrons. The summed E-state index contributed by atoms with van der Waals surface area (Å²) in [6, 6.07) is 10.8. The zero-order valence-electron chi connectivity index (χ0n) is 9.77. The molecule has 0 radical (unpaired) electrons. The Morgan fingerprint density at radius 1 is 1.11 bits per heavy atom. The Hall–Kier alpha value is -1.88. The van der Waals surface area contributed by atoms with Crippen molar-refractivity contribution in [2.24, 2.45) is 0 Å². The molecule has 2 aromatic rings. The maximum atomic E-state index is 11.7. The number of hydrogen-bond donors (Lipinski definition) is 2. The Morgan fingerprint density at radius 2 is 1.83 bits per heavy atom. The van der Waals surface area contributed by atoms with Crippen LogP contribution < -0.4 is 10.6 Å². The molecular weight excluding hydrogens is 294 g/mol. The first-order valence-corrected chi connectivity index (χ1v) is 6.19. The van der Waals surface area contributed by atoms with Crippen LogP contribution in [0, 0.1) is 6.92 Å². The number of nitrogens with zero attached hydrogens (tertiary/aromatic N) is 1. The van der Waals surface area contributed by atoms with Gasteiger partial charge in [0.2, 0.25) is 0 Å². The van der Waals surface area contributed by atoms with E-state index >= 15 is 0 Å². The van der Waals surface area contributed by atoms with Crippen LogP contribution in [-0.2, 0) is 0 Å². The lowest BCUT2D eigenvalue weighted by Gasteiger charge is -2.07. The molecule has 18 heavy (non-hydrogen) atoms. The van der Waals surface area contributed by atoms with Gasteiger partial charge in [-0.1, -0.05) is 17.7 Å². The quantitative estimate of drug-likeness (QED) is 0.886. The number of rotatable bonds is 2. The number of carbonyl (C=O) groups excluding carboxylic acids is 1. The summed E-state index contributed by atoms with van der Waals surface area (Å²) < 4.78 is 0.868. The SMILES string of the molecule is Cc1ccc(NC(=O)Nc2ccc(Br)cn2)cc1. The summed E-state index contributed by atoms with van der Waals surface area (Å²) in [7, 11) is 0. The fourth-order valence-corrected chi connectivity index (χ4v) is 1.60. The number of urea groups is 1. The van der Waals surface area contributed by atoms with Gasteiger partial charge in [0.05, 0.1) is 0 Å². The van der Waals surface area contributed by atoms with Crippen LogP contribution in [-0.4, -0.2) is 11.0 Å². The lowest BCUT2D eigenvalue weighted by molar-refractivity contribution is 0.262. The molecule has 1 heterocycles. The monoisotopic (exact) mass is 305 g/mol. The molecule has 1 aromatic carbocycles. The Kier molecular flexibility index (Phi) is 3.94. The topological polar surface area (TPSA) is 54.0 Å². The van der Waals surface area contributed by atoms with Gasteiger partial charge in [-0.3, -0.25) is 5.32 Å². The summed E-state index contributed by atoms with van der Waals surface area (Å²) in [4.78, 5) is 15.7. The first kappa shape index (κ1) is 12.6. The molecule has 0 aliphatic heterocycles. The van der Waals surface area contributed by atoms with Crippen LogP contribution in [0.2, 0.25) is 0 Å². The van der Waals surface area contributed by atoms with Crippen LogP contribution in [0.25, 0.3) is 0 Å². The van der Waals surface area contributed by atoms with Crippen molar-refractivity contribution >= 4 is 33.5 Å². The maximum absolute atomic E-state index is 11.7. The molecule has 5 heteroatoms. The highest BCUT2D eigenvalue weighted by Crippen LogP contribution is 2.12. The van der Waals surface area contributed by atoms with Crippen LogP contribution in [0.4, 0.5) is 16.3 Å². The molecule has 0 saturated carbocycles. The van der Waals surface area contributed by atoms with Crippen molar-refractivity contribution in [3.05, 3.63) is 52.6 Å². The van der Waals surface area contributed by atoms with E-state index in [0.29, 0.717) is 5.82 Å². The van der Waals surface area contributed by atoms with Gasteiger partial charge in [-0.15, -0.1) is 0 Å². The second-order valence-corrected chi connectivity index (χ2v) is 4.72. The number of hydrogen-bond acceptors (Lipinski definition) is 2. The van der Waals surface area contributed by atoms with Crippen molar-refractivity contribution in [1.29, 1.82) is 0 Å². The summed E-state index contributed by atoms with van der Waals surface area (Å²) >= 11 is 3.28. The number of carbonyl (C=O) groups is 1. The van der Waals surface area contributed by atoms with Crippen LogP contribution >= 0.6 is 15.9 Å². The predicted octanol–water partition coefficient (Wildman–Crippen LogP) is 3.80. The summed E-state index contributed by atoms with van der Waals surface area (Å²) in [5.74, 6) is 0.503. The van der Waals surface area contributed by atoms with Gasteiger partial charge in [0.25, 0.3) is 0 Å². The molecule has 0 atom stereocenters. The van der Waals surface area contributed by atoms with E-state index in [9.17, 15) is 4.79 Å². The summed E-state index contributed by atoms with van der Waals surface area (Å²) in [6.07, 6.45) is 1.63. The first-order chi connectivity index (χ1) is 8.63. The number of halogens is 1. The molecule has 4 nitrogen and oxygen atoms in total. The van der Waals surface area contributed by atoms with Crippen molar-refractivity contribution in [2.45, 2.75) is 6.92 Å². The van der Waals surface area contributed by atoms with Gasteiger partial charge in [-0.05, 0) is 47.1 Å². The molecule has 0 bridgehead atoms. The summed E-state index contributed by atoms with van der Waals surface area (Å²) in [6.45, 7) is 2.00. The maximum Gasteiger partial charge on any atom is 0.324 e. The van der Waals surface area contributed by atoms with Gasteiger partial charge in [-0.25, -0.2) is 9.78 Å². The lowest BCUT2D eigenvalue weighted by Crippen LogP contribution is -2.19. The van der Waals surface area contributed by atoms with Gasteiger partial charge >= 0.3 is 6.03 Å². The van der Waals surface area contributed by atoms with Crippen LogP contribution in [0.15, 0.2) is 47.1 Å². The Balaban J connectivity index is 1.96. The Bertz CT molecular complexity index is 488. The molecular formula is C13H12BrN3O. The largest absolute Gasteiger partial charge is 0.324 e. The normalized spacial score (nSPS) is 9.89. The molecule has 0 aliphatic carbocycles. The Labute approximate surface area is 114 Å². The average molecular weight is 306 g/mol. The lowest BCUT2D eigenvalue weighted by atomic mass is 10.2. The molecule has 0 fully saturated rings. The third kappa shape index (κ3) is 3.56. The third-order valence-electron chi connectivity index (χ3n) is 2.28. The molecule has 2 amide bonds. The van der Waals surface area contributed by atoms with Crippen molar-refractivity contribution < 1.29 is 4.79 Å². The third-order valence-corrected chi connectivity index (χ3v) is 2.75. The molecule has 2 N–H and O–H groups in total. The van der Waals surface area contributed by atoms with Crippen molar-refractivity contribution in [2.75, 3.05) is 10.6 Å². The number of aromatic nitrogens is 1. The molecule has 2 rings (SSSR count). The van der Waals surface area contributed by atoms with Crippen LogP contribution in [0.1, 0.15) is 5.56 Å². The highest BCUT2D eigenvalue weighted by Gasteiger charge is 2.02. The minimum atomic E-state index is -0.311. The van der Waals surface area contributed by atoms with Crippen molar-refractivity contribution in [1.82, 2.24) is 4.98 Å². The minimum Gasteiger partial charge on any atom is -0.308 e. The zero-order chi connectivity index (χ0) is 13.0. The van der Waals surface area contributed by atoms with E-state index in [-0.39, 0.29) is 6.03 Å². The number of benzene rings is 1. The number of pyridine rings is 1. The van der Waals surface area contributed by atoms with E-state index in [1.54, 1.807) is 12.3 Å². The van der Waals surface area contributed by atoms with E-state index in [2.05, 4.69) is 31.5 Å². The number of aryl methyl sites for hydroxylation is 1. The zero-order valence-corrected chi connectivity index (χ0v) is 11.4. The number of anilines is 2. The van der Waals surface area contributed by atoms with E-state index < -0.39 is 0 Å². The standard InChI is InChI=1S/C13H12BrN3O/c1-9-2-5-11(6-3-9)16-13(18)17-12-7-4-10(14)8-15-12/h2-8H,1H3,(H2,15,16,17,18). The van der Waals surface area contributed by atoms with E-state index in [0.717, 1.165) is 15.7 Å². The number of nitrogens with one attached hydrogen (secondary N) is 2. The highest BCUT2D eigenvalue weighted by molar-refractivity contribution is 9.10. The smallest absolute Gasteiger partial charge is 0.308 e. The van der Waals surface area contributed by atoms with Gasteiger partial charge in [0.15, 0.2) is 0 Å². The molecule has 0 saturated heterocycles. The van der Waals surface area contributed by atoms with Gasteiger partial charge in [0, 0.05) is 16.4 Å². The molecule has 1 aromatic heterocycles. The van der Waals surface area contributed by atoms with E-state index in [1.165, 1.54) is 0 Å².